The van der Waals surface area contributed by atoms with Crippen molar-refractivity contribution in [2.75, 3.05) is 0 Å². The minimum atomic E-state index is 0.529. The van der Waals surface area contributed by atoms with Crippen LogP contribution in [-0.4, -0.2) is 10.2 Å². The summed E-state index contributed by atoms with van der Waals surface area (Å²) in [6.45, 7) is 4.29. The Hall–Kier alpha value is -1.05. The van der Waals surface area contributed by atoms with Crippen molar-refractivity contribution >= 4 is 27.0 Å². The molecule has 3 radical (unpaired) electrons. The molecule has 0 aliphatic rings. The molecule has 0 N–H and O–H groups in total. The molecule has 0 unspecified atom stereocenters. The van der Waals surface area contributed by atoms with Gasteiger partial charge in [-0.15, -0.1) is 11.6 Å². The number of aryl methyl sites for hydroxylation is 1. The van der Waals surface area contributed by atoms with Crippen LogP contribution in [-0.2, 0) is 5.88 Å². The summed E-state index contributed by atoms with van der Waals surface area (Å²) in [6.07, 6.45) is 0. The van der Waals surface area contributed by atoms with Gasteiger partial charge in [0.15, 0.2) is 0 Å². The quantitative estimate of drug-likeness (QED) is 0.571. The number of halogens is 1. The van der Waals surface area contributed by atoms with Gasteiger partial charge in [-0.05, 0) is 41.7 Å². The van der Waals surface area contributed by atoms with Crippen molar-refractivity contribution in [2.24, 2.45) is 0 Å². The molecule has 2 aromatic rings. The van der Waals surface area contributed by atoms with Crippen LogP contribution < -0.4 is 5.19 Å². The summed E-state index contributed by atoms with van der Waals surface area (Å²) in [5.74, 6) is 0.529. The fourth-order valence-electron chi connectivity index (χ4n) is 2.05. The Morgan fingerprint density at radius 3 is 2.47 bits per heavy atom. The zero-order chi connectivity index (χ0) is 12.4. The van der Waals surface area contributed by atoms with Crippen LogP contribution in [0.4, 0.5) is 0 Å². The predicted octanol–water partition coefficient (Wildman–Crippen LogP) is 3.50. The van der Waals surface area contributed by atoms with E-state index in [9.17, 15) is 0 Å². The molecule has 0 bridgehead atoms. The van der Waals surface area contributed by atoms with Crippen LogP contribution in [0.1, 0.15) is 16.7 Å². The number of benzene rings is 2. The lowest BCUT2D eigenvalue weighted by molar-refractivity contribution is 1.32. The second-order valence-electron chi connectivity index (χ2n) is 4.22. The van der Waals surface area contributed by atoms with Crippen LogP contribution >= 0.6 is 11.6 Å². The van der Waals surface area contributed by atoms with Gasteiger partial charge in [-0.1, -0.05) is 41.6 Å². The maximum Gasteiger partial charge on any atom is 0.0720 e. The third kappa shape index (κ3) is 2.31. The molecule has 0 nitrogen and oxygen atoms in total. The van der Waals surface area contributed by atoms with E-state index in [-0.39, 0.29) is 0 Å². The van der Waals surface area contributed by atoms with E-state index >= 15 is 0 Å². The van der Waals surface area contributed by atoms with Crippen molar-refractivity contribution in [1.29, 1.82) is 0 Å². The molecule has 0 atom stereocenters. The average Bonchev–Trinajstić information content (AvgIpc) is 2.33. The molecule has 0 saturated carbocycles. The molecule has 85 valence electrons. The second kappa shape index (κ2) is 5.07. The van der Waals surface area contributed by atoms with E-state index in [0.29, 0.717) is 5.88 Å². The van der Waals surface area contributed by atoms with Crippen molar-refractivity contribution in [2.45, 2.75) is 19.7 Å². The van der Waals surface area contributed by atoms with Crippen molar-refractivity contribution in [3.63, 3.8) is 0 Å². The minimum Gasteiger partial charge on any atom is -0.122 e. The van der Waals surface area contributed by atoms with Crippen molar-refractivity contribution < 1.29 is 0 Å². The lowest BCUT2D eigenvalue weighted by Gasteiger charge is -2.15. The van der Waals surface area contributed by atoms with E-state index in [2.05, 4.69) is 54.4 Å². The summed E-state index contributed by atoms with van der Waals surface area (Å²) in [7, 11) is 3.68. The van der Waals surface area contributed by atoms with Crippen molar-refractivity contribution in [1.82, 2.24) is 0 Å². The van der Waals surface area contributed by atoms with E-state index in [1.807, 2.05) is 6.07 Å². The summed E-state index contributed by atoms with van der Waals surface area (Å²) in [6, 6.07) is 12.5. The van der Waals surface area contributed by atoms with E-state index in [0.717, 1.165) is 10.8 Å². The van der Waals surface area contributed by atoms with Gasteiger partial charge in [-0.25, -0.2) is 0 Å². The monoisotopic (exact) mass is 257 g/mol. The average molecular weight is 258 g/mol. The molecule has 0 heterocycles. The van der Waals surface area contributed by atoms with Crippen LogP contribution in [0.15, 0.2) is 36.4 Å². The highest BCUT2D eigenvalue weighted by atomic mass is 35.5. The van der Waals surface area contributed by atoms with Gasteiger partial charge in [-0.3, -0.25) is 0 Å². The number of hydrogen-bond acceptors (Lipinski definition) is 0. The molecule has 17 heavy (non-hydrogen) atoms. The summed E-state index contributed by atoms with van der Waals surface area (Å²) in [4.78, 5) is 0. The number of hydrogen-bond donors (Lipinski definition) is 0. The van der Waals surface area contributed by atoms with Gasteiger partial charge < -0.3 is 0 Å². The molecule has 0 aromatic heterocycles. The van der Waals surface area contributed by atoms with Crippen LogP contribution in [0.2, 0.25) is 0 Å². The molecule has 0 spiro atoms. The van der Waals surface area contributed by atoms with Crippen molar-refractivity contribution in [3.05, 3.63) is 53.1 Å². The standard InChI is InChI=1S/C15H14ClSi/c1-10-5-3-7-13(11(10)2)15-12(9-16)6-4-8-14(15)17/h3-8H,9H2,1-2H3. The Balaban J connectivity index is 2.72. The van der Waals surface area contributed by atoms with E-state index < -0.39 is 0 Å². The summed E-state index contributed by atoms with van der Waals surface area (Å²) in [5, 5.41) is 1.09. The maximum absolute atomic E-state index is 6.02. The molecule has 0 amide bonds. The van der Waals surface area contributed by atoms with Crippen LogP contribution in [0.5, 0.6) is 0 Å². The van der Waals surface area contributed by atoms with Gasteiger partial charge in [0.05, 0.1) is 10.2 Å². The first-order valence-corrected chi connectivity index (χ1v) is 6.64. The zero-order valence-corrected chi connectivity index (χ0v) is 11.8. The summed E-state index contributed by atoms with van der Waals surface area (Å²) in [5.41, 5.74) is 6.24. The van der Waals surface area contributed by atoms with Gasteiger partial charge in [0.25, 0.3) is 0 Å². The molecule has 0 aliphatic carbocycles. The Bertz CT molecular complexity index is 547. The van der Waals surface area contributed by atoms with E-state index in [4.69, 9.17) is 11.6 Å². The highest BCUT2D eigenvalue weighted by Crippen LogP contribution is 2.27. The van der Waals surface area contributed by atoms with Crippen LogP contribution in [0.3, 0.4) is 0 Å². The van der Waals surface area contributed by atoms with Crippen LogP contribution in [0.25, 0.3) is 11.1 Å². The Kier molecular flexibility index (Phi) is 3.70. The van der Waals surface area contributed by atoms with Gasteiger partial charge in [0.2, 0.25) is 0 Å². The zero-order valence-electron chi connectivity index (χ0n) is 10.0. The third-order valence-electron chi connectivity index (χ3n) is 3.17. The molecule has 0 saturated heterocycles. The third-order valence-corrected chi connectivity index (χ3v) is 3.87. The molecule has 0 aliphatic heterocycles. The normalized spacial score (nSPS) is 10.6. The highest BCUT2D eigenvalue weighted by molar-refractivity contribution is 6.36. The van der Waals surface area contributed by atoms with Crippen LogP contribution in [0, 0.1) is 13.8 Å². The Labute approximate surface area is 111 Å². The highest BCUT2D eigenvalue weighted by Gasteiger charge is 2.10. The first-order valence-electron chi connectivity index (χ1n) is 5.61. The Morgan fingerprint density at radius 2 is 1.76 bits per heavy atom. The van der Waals surface area contributed by atoms with Crippen molar-refractivity contribution in [3.8, 4) is 11.1 Å². The summed E-state index contributed by atoms with van der Waals surface area (Å²) >= 11 is 6.02. The SMILES string of the molecule is Cc1cccc(-c2c([Si])cccc2CCl)c1C. The van der Waals surface area contributed by atoms with Gasteiger partial charge in [0, 0.05) is 5.88 Å². The van der Waals surface area contributed by atoms with Gasteiger partial charge in [0.1, 0.15) is 0 Å². The number of rotatable bonds is 2. The largest absolute Gasteiger partial charge is 0.122 e. The smallest absolute Gasteiger partial charge is 0.0720 e. The van der Waals surface area contributed by atoms with E-state index in [1.165, 1.54) is 22.3 Å². The van der Waals surface area contributed by atoms with Gasteiger partial charge >= 0.3 is 0 Å². The minimum absolute atomic E-state index is 0.529. The lowest BCUT2D eigenvalue weighted by Crippen LogP contribution is -2.09. The number of alkyl halides is 1. The molecular formula is C15H14ClSi. The Morgan fingerprint density at radius 1 is 1.06 bits per heavy atom. The van der Waals surface area contributed by atoms with Gasteiger partial charge in [-0.2, -0.15) is 0 Å². The first-order chi connectivity index (χ1) is 8.15. The fourth-order valence-corrected chi connectivity index (χ4v) is 2.67. The molecule has 2 rings (SSSR count). The fraction of sp³-hybridized carbons (Fsp3) is 0.200. The summed E-state index contributed by atoms with van der Waals surface area (Å²) < 4.78 is 0. The van der Waals surface area contributed by atoms with E-state index in [1.54, 1.807) is 0 Å². The predicted molar refractivity (Wildman–Crippen MR) is 76.3 cm³/mol. The molecule has 2 aromatic carbocycles. The second-order valence-corrected chi connectivity index (χ2v) is 5.03. The topological polar surface area (TPSA) is 0 Å². The molecular weight excluding hydrogens is 244 g/mol. The maximum atomic E-state index is 6.02. The molecule has 2 heteroatoms. The lowest BCUT2D eigenvalue weighted by atomic mass is 9.94. The first kappa shape index (κ1) is 12.4. The molecule has 0 fully saturated rings.